The van der Waals surface area contributed by atoms with E-state index in [2.05, 4.69) is 34.6 Å². The molecule has 0 saturated carbocycles. The maximum atomic E-state index is 14.1. The Kier molecular flexibility index (Phi) is 7.04. The molecule has 3 rings (SSSR count). The molecule has 0 fully saturated rings. The van der Waals surface area contributed by atoms with Crippen LogP contribution in [0.5, 0.6) is 0 Å². The van der Waals surface area contributed by atoms with Gasteiger partial charge in [0.2, 0.25) is 5.91 Å². The van der Waals surface area contributed by atoms with Crippen LogP contribution in [0.25, 0.3) is 11.4 Å². The van der Waals surface area contributed by atoms with E-state index in [0.29, 0.717) is 23.1 Å². The van der Waals surface area contributed by atoms with E-state index in [9.17, 15) is 9.18 Å². The smallest absolute Gasteiger partial charge is 0.233 e. The van der Waals surface area contributed by atoms with Crippen LogP contribution in [0.2, 0.25) is 0 Å². The maximum Gasteiger partial charge on any atom is 0.233 e. The number of nitrogens with zero attached hydrogens (tertiary/aromatic N) is 3. The lowest BCUT2D eigenvalue weighted by Gasteiger charge is -2.18. The van der Waals surface area contributed by atoms with Crippen LogP contribution in [-0.2, 0) is 11.8 Å². The van der Waals surface area contributed by atoms with Crippen molar-refractivity contribution >= 4 is 17.7 Å². The lowest BCUT2D eigenvalue weighted by Crippen LogP contribution is -2.34. The number of halogens is 1. The number of benzene rings is 2. The summed E-state index contributed by atoms with van der Waals surface area (Å²) >= 11 is 1.31. The highest BCUT2D eigenvalue weighted by atomic mass is 32.2. The fraction of sp³-hybridized carbons (Fsp3) is 0.318. The third kappa shape index (κ3) is 5.03. The summed E-state index contributed by atoms with van der Waals surface area (Å²) in [6.45, 7) is 4.54. The molecule has 0 aliphatic heterocycles. The van der Waals surface area contributed by atoms with Gasteiger partial charge < -0.3 is 9.88 Å². The molecule has 2 atom stereocenters. The normalized spacial score (nSPS) is 13.1. The number of nitrogens with one attached hydrogen (secondary N) is 1. The topological polar surface area (TPSA) is 59.8 Å². The molecular weight excluding hydrogens is 387 g/mol. The number of carbonyl (C=O) groups excluding carboxylic acids is 1. The van der Waals surface area contributed by atoms with Crippen molar-refractivity contribution < 1.29 is 9.18 Å². The molecule has 0 bridgehead atoms. The van der Waals surface area contributed by atoms with Gasteiger partial charge in [0.05, 0.1) is 10.8 Å². The predicted molar refractivity (Wildman–Crippen MR) is 114 cm³/mol. The molecule has 152 valence electrons. The van der Waals surface area contributed by atoms with Gasteiger partial charge in [-0.1, -0.05) is 61.2 Å². The zero-order chi connectivity index (χ0) is 20.8. The molecule has 1 heterocycles. The van der Waals surface area contributed by atoms with E-state index in [0.717, 1.165) is 6.42 Å². The molecule has 0 aliphatic rings. The number of aromatic nitrogens is 3. The minimum Gasteiger partial charge on any atom is -0.355 e. The first kappa shape index (κ1) is 21.0. The van der Waals surface area contributed by atoms with Gasteiger partial charge in [-0.05, 0) is 31.0 Å². The fourth-order valence-electron chi connectivity index (χ4n) is 3.10. The van der Waals surface area contributed by atoms with Crippen LogP contribution in [0.4, 0.5) is 4.39 Å². The van der Waals surface area contributed by atoms with Gasteiger partial charge in [0, 0.05) is 19.5 Å². The number of hydrogen-bond acceptors (Lipinski definition) is 4. The summed E-state index contributed by atoms with van der Waals surface area (Å²) in [6.07, 6.45) is 0.946. The van der Waals surface area contributed by atoms with E-state index in [4.69, 9.17) is 0 Å². The highest BCUT2D eigenvalue weighted by Crippen LogP contribution is 2.27. The van der Waals surface area contributed by atoms with Gasteiger partial charge in [-0.25, -0.2) is 4.39 Å². The van der Waals surface area contributed by atoms with Gasteiger partial charge in [0.15, 0.2) is 11.0 Å². The van der Waals surface area contributed by atoms with Gasteiger partial charge in [-0.2, -0.15) is 0 Å². The lowest BCUT2D eigenvalue weighted by molar-refractivity contribution is -0.120. The molecular formula is C22H25FN4OS. The molecule has 29 heavy (non-hydrogen) atoms. The Morgan fingerprint density at radius 2 is 1.83 bits per heavy atom. The van der Waals surface area contributed by atoms with E-state index in [1.54, 1.807) is 29.8 Å². The second-order valence-corrected chi connectivity index (χ2v) is 8.17. The van der Waals surface area contributed by atoms with E-state index in [1.165, 1.54) is 23.4 Å². The number of hydrogen-bond donors (Lipinski definition) is 1. The fourth-order valence-corrected chi connectivity index (χ4v) is 3.94. The summed E-state index contributed by atoms with van der Waals surface area (Å²) in [4.78, 5) is 12.6. The van der Waals surface area contributed by atoms with E-state index >= 15 is 0 Å². The van der Waals surface area contributed by atoms with Crippen molar-refractivity contribution in [3.8, 4) is 11.4 Å². The average molecular weight is 413 g/mol. The highest BCUT2D eigenvalue weighted by Gasteiger charge is 2.21. The molecule has 0 saturated heterocycles. The zero-order valence-corrected chi connectivity index (χ0v) is 17.6. The number of rotatable bonds is 8. The molecule has 0 aliphatic carbocycles. The molecule has 7 heteroatoms. The van der Waals surface area contributed by atoms with Crippen LogP contribution in [-0.4, -0.2) is 32.5 Å². The van der Waals surface area contributed by atoms with Gasteiger partial charge in [0.25, 0.3) is 0 Å². The summed E-state index contributed by atoms with van der Waals surface area (Å²) in [5.74, 6) is 0.310. The van der Waals surface area contributed by atoms with E-state index in [-0.39, 0.29) is 22.9 Å². The van der Waals surface area contributed by atoms with Gasteiger partial charge in [-0.3, -0.25) is 4.79 Å². The SMILES string of the molecule is CC[C@@H](CNC(=O)[C@@H](C)Sc1nnc(-c2ccccc2F)n1C)c1ccccc1. The summed E-state index contributed by atoms with van der Waals surface area (Å²) in [5.41, 5.74) is 1.61. The summed E-state index contributed by atoms with van der Waals surface area (Å²) in [7, 11) is 1.78. The standard InChI is InChI=1S/C22H25FN4OS/c1-4-16(17-10-6-5-7-11-17)14-24-21(28)15(2)29-22-26-25-20(27(22)3)18-12-8-9-13-19(18)23/h5-13,15-16H,4,14H2,1-3H3,(H,24,28)/t15-,16+/m1/s1. The predicted octanol–water partition coefficient (Wildman–Crippen LogP) is 4.41. The van der Waals surface area contributed by atoms with Crippen LogP contribution in [0.1, 0.15) is 31.7 Å². The van der Waals surface area contributed by atoms with Crippen LogP contribution in [0.3, 0.4) is 0 Å². The van der Waals surface area contributed by atoms with Gasteiger partial charge >= 0.3 is 0 Å². The van der Waals surface area contributed by atoms with Crippen LogP contribution in [0, 0.1) is 5.82 Å². The minimum atomic E-state index is -0.350. The van der Waals surface area contributed by atoms with E-state index < -0.39 is 0 Å². The van der Waals surface area contributed by atoms with Crippen LogP contribution < -0.4 is 5.32 Å². The molecule has 1 amide bonds. The molecule has 1 aromatic heterocycles. The monoisotopic (exact) mass is 412 g/mol. The molecule has 2 aromatic carbocycles. The van der Waals surface area contributed by atoms with Crippen molar-refractivity contribution in [2.45, 2.75) is 36.6 Å². The Morgan fingerprint density at radius 3 is 2.52 bits per heavy atom. The first-order valence-corrected chi connectivity index (χ1v) is 10.5. The number of carbonyl (C=O) groups is 1. The van der Waals surface area contributed by atoms with Crippen molar-refractivity contribution in [1.29, 1.82) is 0 Å². The molecule has 0 unspecified atom stereocenters. The van der Waals surface area contributed by atoms with Gasteiger partial charge in [0.1, 0.15) is 5.82 Å². The zero-order valence-electron chi connectivity index (χ0n) is 16.8. The Labute approximate surface area is 174 Å². The summed E-state index contributed by atoms with van der Waals surface area (Å²) in [6, 6.07) is 16.6. The number of thioether (sulfide) groups is 1. The number of amides is 1. The summed E-state index contributed by atoms with van der Waals surface area (Å²) < 4.78 is 15.8. The molecule has 0 spiro atoms. The first-order valence-electron chi connectivity index (χ1n) is 9.64. The Bertz CT molecular complexity index is 960. The second-order valence-electron chi connectivity index (χ2n) is 6.87. The highest BCUT2D eigenvalue weighted by molar-refractivity contribution is 8.00. The third-order valence-electron chi connectivity index (χ3n) is 4.89. The Balaban J connectivity index is 1.62. The molecule has 1 N–H and O–H groups in total. The maximum absolute atomic E-state index is 14.1. The lowest BCUT2D eigenvalue weighted by atomic mass is 9.96. The van der Waals surface area contributed by atoms with Crippen LogP contribution in [0.15, 0.2) is 59.8 Å². The van der Waals surface area contributed by atoms with Crippen molar-refractivity contribution in [1.82, 2.24) is 20.1 Å². The van der Waals surface area contributed by atoms with Crippen molar-refractivity contribution in [2.24, 2.45) is 7.05 Å². The molecule has 5 nitrogen and oxygen atoms in total. The van der Waals surface area contributed by atoms with Crippen molar-refractivity contribution in [2.75, 3.05) is 6.54 Å². The van der Waals surface area contributed by atoms with E-state index in [1.807, 2.05) is 25.1 Å². The Morgan fingerprint density at radius 1 is 1.14 bits per heavy atom. The summed E-state index contributed by atoms with van der Waals surface area (Å²) in [5, 5.41) is 11.5. The minimum absolute atomic E-state index is 0.0557. The largest absolute Gasteiger partial charge is 0.355 e. The van der Waals surface area contributed by atoms with Crippen LogP contribution >= 0.6 is 11.8 Å². The average Bonchev–Trinajstić information content (AvgIpc) is 3.09. The Hall–Kier alpha value is -2.67. The first-order chi connectivity index (χ1) is 14.0. The van der Waals surface area contributed by atoms with Crippen molar-refractivity contribution in [3.05, 3.63) is 66.0 Å². The quantitative estimate of drug-likeness (QED) is 0.557. The molecule has 0 radical (unpaired) electrons. The second kappa shape index (κ2) is 9.69. The molecule has 3 aromatic rings. The van der Waals surface area contributed by atoms with Crippen molar-refractivity contribution in [3.63, 3.8) is 0 Å². The third-order valence-corrected chi connectivity index (χ3v) is 6.02. The van der Waals surface area contributed by atoms with Gasteiger partial charge in [-0.15, -0.1) is 10.2 Å².